The Balaban J connectivity index is 2.73. The van der Waals surface area contributed by atoms with Crippen molar-refractivity contribution in [1.29, 1.82) is 0 Å². The van der Waals surface area contributed by atoms with Gasteiger partial charge in [0, 0.05) is 6.61 Å². The summed E-state index contributed by atoms with van der Waals surface area (Å²) in [6.45, 7) is 15.5. The number of hydrogen-bond acceptors (Lipinski definition) is 3. The van der Waals surface area contributed by atoms with Crippen molar-refractivity contribution in [3.05, 3.63) is 35.4 Å². The van der Waals surface area contributed by atoms with E-state index in [9.17, 15) is 4.79 Å². The summed E-state index contributed by atoms with van der Waals surface area (Å²) in [6.07, 6.45) is 0.625. The monoisotopic (exact) mass is 322 g/mol. The Kier molecular flexibility index (Phi) is 6.38. The van der Waals surface area contributed by atoms with Crippen LogP contribution in [-0.4, -0.2) is 27.0 Å². The van der Waals surface area contributed by atoms with E-state index >= 15 is 0 Å². The summed E-state index contributed by atoms with van der Waals surface area (Å²) in [7, 11) is -1.75. The molecule has 0 radical (unpaired) electrons. The lowest BCUT2D eigenvalue weighted by Crippen LogP contribution is -2.41. The molecule has 0 bridgehead atoms. The van der Waals surface area contributed by atoms with E-state index in [0.717, 1.165) is 12.0 Å². The highest BCUT2D eigenvalue weighted by Gasteiger charge is 2.36. The van der Waals surface area contributed by atoms with Crippen LogP contribution in [-0.2, 0) is 15.6 Å². The molecule has 0 aliphatic heterocycles. The van der Waals surface area contributed by atoms with Gasteiger partial charge in [0.25, 0.3) is 0 Å². The Morgan fingerprint density at radius 3 is 2.32 bits per heavy atom. The van der Waals surface area contributed by atoms with Gasteiger partial charge in [-0.15, -0.1) is 0 Å². The van der Waals surface area contributed by atoms with Gasteiger partial charge in [-0.1, -0.05) is 39.0 Å². The molecule has 0 heterocycles. The van der Waals surface area contributed by atoms with Gasteiger partial charge in [0.05, 0.1) is 11.7 Å². The zero-order valence-electron chi connectivity index (χ0n) is 15.0. The van der Waals surface area contributed by atoms with E-state index in [1.54, 1.807) is 0 Å². The van der Waals surface area contributed by atoms with E-state index < -0.39 is 8.32 Å². The zero-order chi connectivity index (χ0) is 17.0. The minimum absolute atomic E-state index is 0.107. The number of benzene rings is 1. The van der Waals surface area contributed by atoms with E-state index in [1.165, 1.54) is 0 Å². The molecule has 0 amide bonds. The molecule has 0 aliphatic carbocycles. The van der Waals surface area contributed by atoms with Crippen LogP contribution in [0.2, 0.25) is 18.1 Å². The Morgan fingerprint density at radius 1 is 1.18 bits per heavy atom. The van der Waals surface area contributed by atoms with Gasteiger partial charge in [0.2, 0.25) is 0 Å². The molecule has 0 saturated heterocycles. The maximum Gasteiger partial charge on any atom is 0.338 e. The van der Waals surface area contributed by atoms with Gasteiger partial charge in [-0.05, 0) is 50.0 Å². The topological polar surface area (TPSA) is 35.5 Å². The van der Waals surface area contributed by atoms with Gasteiger partial charge in [-0.3, -0.25) is 0 Å². The second-order valence-electron chi connectivity index (χ2n) is 7.47. The third kappa shape index (κ3) is 5.25. The van der Waals surface area contributed by atoms with Crippen LogP contribution in [0.3, 0.4) is 0 Å². The summed E-state index contributed by atoms with van der Waals surface area (Å²) < 4.78 is 11.5. The quantitative estimate of drug-likeness (QED) is 0.556. The largest absolute Gasteiger partial charge is 0.459 e. The van der Waals surface area contributed by atoms with Crippen molar-refractivity contribution in [2.24, 2.45) is 0 Å². The SMILES string of the molecule is CC(C)OC(=O)c1ccccc1CCO[Si](C)(C)C(C)(C)C. The van der Waals surface area contributed by atoms with Crippen molar-refractivity contribution >= 4 is 14.3 Å². The first-order valence-electron chi connectivity index (χ1n) is 7.97. The minimum Gasteiger partial charge on any atom is -0.459 e. The highest BCUT2D eigenvalue weighted by atomic mass is 28.4. The van der Waals surface area contributed by atoms with E-state index in [1.807, 2.05) is 38.1 Å². The lowest BCUT2D eigenvalue weighted by molar-refractivity contribution is 0.0376. The van der Waals surface area contributed by atoms with Crippen molar-refractivity contribution in [3.63, 3.8) is 0 Å². The first kappa shape index (κ1) is 18.9. The number of carbonyl (C=O) groups is 1. The van der Waals surface area contributed by atoms with Crippen molar-refractivity contribution in [2.75, 3.05) is 6.61 Å². The first-order chi connectivity index (χ1) is 10.0. The Labute approximate surface area is 136 Å². The van der Waals surface area contributed by atoms with Crippen LogP contribution in [0, 0.1) is 0 Å². The van der Waals surface area contributed by atoms with E-state index in [2.05, 4.69) is 33.9 Å². The molecule has 0 unspecified atom stereocenters. The molecule has 0 spiro atoms. The Morgan fingerprint density at radius 2 is 1.77 bits per heavy atom. The molecule has 22 heavy (non-hydrogen) atoms. The van der Waals surface area contributed by atoms with Gasteiger partial charge >= 0.3 is 5.97 Å². The summed E-state index contributed by atoms with van der Waals surface area (Å²) in [5, 5.41) is 0.198. The fourth-order valence-electron chi connectivity index (χ4n) is 1.85. The lowest BCUT2D eigenvalue weighted by atomic mass is 10.1. The van der Waals surface area contributed by atoms with Gasteiger partial charge in [-0.25, -0.2) is 4.79 Å². The maximum absolute atomic E-state index is 12.1. The fourth-order valence-corrected chi connectivity index (χ4v) is 2.89. The van der Waals surface area contributed by atoms with Gasteiger partial charge in [0.15, 0.2) is 8.32 Å². The molecule has 4 heteroatoms. The van der Waals surface area contributed by atoms with Crippen LogP contribution < -0.4 is 0 Å². The molecule has 0 aromatic heterocycles. The third-order valence-corrected chi connectivity index (χ3v) is 8.76. The Bertz CT molecular complexity index is 501. The summed E-state index contributed by atoms with van der Waals surface area (Å²) in [6, 6.07) is 7.63. The average molecular weight is 323 g/mol. The average Bonchev–Trinajstić information content (AvgIpc) is 2.36. The number of rotatable bonds is 6. The third-order valence-electron chi connectivity index (χ3n) is 4.22. The molecule has 1 rings (SSSR count). The van der Waals surface area contributed by atoms with Crippen molar-refractivity contribution in [3.8, 4) is 0 Å². The molecule has 0 N–H and O–H groups in total. The molecule has 0 saturated carbocycles. The predicted octanol–water partition coefficient (Wildman–Crippen LogP) is 4.82. The molecule has 0 aliphatic rings. The second-order valence-corrected chi connectivity index (χ2v) is 12.3. The number of hydrogen-bond donors (Lipinski definition) is 0. The smallest absolute Gasteiger partial charge is 0.338 e. The van der Waals surface area contributed by atoms with Gasteiger partial charge in [0.1, 0.15) is 0 Å². The molecule has 1 aromatic rings. The van der Waals surface area contributed by atoms with Crippen LogP contribution in [0.5, 0.6) is 0 Å². The van der Waals surface area contributed by atoms with E-state index in [-0.39, 0.29) is 17.1 Å². The summed E-state index contributed by atoms with van der Waals surface area (Å²) in [5.74, 6) is -0.252. The highest BCUT2D eigenvalue weighted by molar-refractivity contribution is 6.74. The van der Waals surface area contributed by atoms with Crippen LogP contribution >= 0.6 is 0 Å². The van der Waals surface area contributed by atoms with Crippen LogP contribution in [0.1, 0.15) is 50.5 Å². The van der Waals surface area contributed by atoms with E-state index in [4.69, 9.17) is 9.16 Å². The standard InChI is InChI=1S/C18H30O3Si/c1-14(2)21-17(19)16-11-9-8-10-15(16)12-13-20-22(6,7)18(3,4)5/h8-11,14H,12-13H2,1-7H3. The first-order valence-corrected chi connectivity index (χ1v) is 10.9. The van der Waals surface area contributed by atoms with Crippen LogP contribution in [0.15, 0.2) is 24.3 Å². The van der Waals surface area contributed by atoms with Crippen molar-refractivity contribution < 1.29 is 14.0 Å². The number of ether oxygens (including phenoxy) is 1. The van der Waals surface area contributed by atoms with Gasteiger partial charge < -0.3 is 9.16 Å². The molecule has 1 aromatic carbocycles. The Hall–Kier alpha value is -1.13. The van der Waals surface area contributed by atoms with Crippen molar-refractivity contribution in [1.82, 2.24) is 0 Å². The molecule has 124 valence electrons. The lowest BCUT2D eigenvalue weighted by Gasteiger charge is -2.36. The molecule has 3 nitrogen and oxygen atoms in total. The normalized spacial score (nSPS) is 12.5. The summed E-state index contributed by atoms with van der Waals surface area (Å²) in [5.41, 5.74) is 1.64. The summed E-state index contributed by atoms with van der Waals surface area (Å²) >= 11 is 0. The molecule has 0 atom stereocenters. The van der Waals surface area contributed by atoms with Gasteiger partial charge in [-0.2, -0.15) is 0 Å². The predicted molar refractivity (Wildman–Crippen MR) is 93.8 cm³/mol. The highest BCUT2D eigenvalue weighted by Crippen LogP contribution is 2.36. The van der Waals surface area contributed by atoms with Crippen molar-refractivity contribution in [2.45, 2.75) is 65.3 Å². The molecular weight excluding hydrogens is 292 g/mol. The molecular formula is C18H30O3Si. The fraction of sp³-hybridized carbons (Fsp3) is 0.611. The summed E-state index contributed by atoms with van der Waals surface area (Å²) in [4.78, 5) is 12.1. The second kappa shape index (κ2) is 7.42. The van der Waals surface area contributed by atoms with E-state index in [0.29, 0.717) is 12.2 Å². The number of carbonyl (C=O) groups excluding carboxylic acids is 1. The molecule has 0 fully saturated rings. The maximum atomic E-state index is 12.1. The zero-order valence-corrected chi connectivity index (χ0v) is 16.0. The number of esters is 1. The minimum atomic E-state index is -1.75. The van der Waals surface area contributed by atoms with Crippen LogP contribution in [0.25, 0.3) is 0 Å². The van der Waals surface area contributed by atoms with Crippen LogP contribution in [0.4, 0.5) is 0 Å².